The van der Waals surface area contributed by atoms with Crippen molar-refractivity contribution in [3.05, 3.63) is 36.5 Å². The molecule has 0 radical (unpaired) electrons. The number of aromatic nitrogens is 2. The first-order valence-electron chi connectivity index (χ1n) is 13.3. The molecule has 0 bridgehead atoms. The highest BCUT2D eigenvalue weighted by Crippen LogP contribution is 2.39. The van der Waals surface area contributed by atoms with Crippen LogP contribution < -0.4 is 9.47 Å². The number of amides is 1. The Kier molecular flexibility index (Phi) is 9.57. The lowest BCUT2D eigenvalue weighted by molar-refractivity contribution is -0.274. The van der Waals surface area contributed by atoms with Crippen LogP contribution in [0.15, 0.2) is 30.9 Å². The molecule has 1 aromatic carbocycles. The number of nitrogens with zero attached hydrogens (tertiary/aromatic N) is 3. The molecule has 3 atom stereocenters. The smallest absolute Gasteiger partial charge is 0.471 e. The van der Waals surface area contributed by atoms with Crippen molar-refractivity contribution in [2.45, 2.75) is 78.0 Å². The number of allylic oxidation sites excluding steroid dienone is 1. The van der Waals surface area contributed by atoms with Crippen LogP contribution in [-0.4, -0.2) is 64.2 Å². The molecular weight excluding hydrogens is 569 g/mol. The zero-order valence-corrected chi connectivity index (χ0v) is 24.1. The number of likely N-dealkylation sites (tertiary alicyclic amines) is 1. The molecule has 1 amide bonds. The van der Waals surface area contributed by atoms with Gasteiger partial charge in [0.15, 0.2) is 5.69 Å². The Hall–Kier alpha value is -3.71. The fourth-order valence-electron chi connectivity index (χ4n) is 4.39. The number of rotatable bonds is 9. The van der Waals surface area contributed by atoms with Gasteiger partial charge in [-0.3, -0.25) is 4.90 Å². The molecule has 0 N–H and O–H groups in total. The van der Waals surface area contributed by atoms with Crippen molar-refractivity contribution < 1.29 is 50.5 Å². The number of alkyl halides is 5. The Morgan fingerprint density at radius 2 is 1.79 bits per heavy atom. The van der Waals surface area contributed by atoms with Gasteiger partial charge in [-0.05, 0) is 51.3 Å². The molecule has 3 unspecified atom stereocenters. The maximum Gasteiger partial charge on any atom is 0.573 e. The molecule has 1 aliphatic rings. The van der Waals surface area contributed by atoms with Crippen LogP contribution in [0.2, 0.25) is 0 Å². The quantitative estimate of drug-likeness (QED) is 0.185. The van der Waals surface area contributed by atoms with E-state index in [2.05, 4.69) is 21.3 Å². The lowest BCUT2D eigenvalue weighted by Crippen LogP contribution is -2.46. The summed E-state index contributed by atoms with van der Waals surface area (Å²) < 4.78 is 89.0. The van der Waals surface area contributed by atoms with Gasteiger partial charge in [0.05, 0.1) is 24.2 Å². The number of hydrogen-bond donors (Lipinski definition) is 0. The standard InChI is InChI=1S/C28H34F5N3O6/c1-8-17-20(13-36(25(38)42-26(5,6)7)21(17)24(37)39-14-15(3)4)40-23-22(27(29,30)9-2)34-18-11-10-16(12-19(18)35-23)41-28(31,32)33/h9-12,15,17,20-21H,2,8,13-14H2,1,3-7H3. The molecule has 1 saturated heterocycles. The summed E-state index contributed by atoms with van der Waals surface area (Å²) in [6, 6.07) is 1.67. The molecule has 1 aromatic heterocycles. The summed E-state index contributed by atoms with van der Waals surface area (Å²) in [5, 5.41) is 0. The van der Waals surface area contributed by atoms with Gasteiger partial charge < -0.3 is 18.9 Å². The van der Waals surface area contributed by atoms with Gasteiger partial charge in [-0.15, -0.1) is 13.2 Å². The Balaban J connectivity index is 2.08. The third-order valence-corrected chi connectivity index (χ3v) is 6.17. The van der Waals surface area contributed by atoms with E-state index in [-0.39, 0.29) is 36.5 Å². The predicted octanol–water partition coefficient (Wildman–Crippen LogP) is 6.40. The van der Waals surface area contributed by atoms with Crippen LogP contribution in [0, 0.1) is 11.8 Å². The Morgan fingerprint density at radius 1 is 1.12 bits per heavy atom. The van der Waals surface area contributed by atoms with Crippen molar-refractivity contribution in [3.63, 3.8) is 0 Å². The molecule has 0 spiro atoms. The Labute approximate surface area is 240 Å². The van der Waals surface area contributed by atoms with E-state index in [1.54, 1.807) is 27.7 Å². The van der Waals surface area contributed by atoms with Crippen molar-refractivity contribution in [2.24, 2.45) is 11.8 Å². The molecule has 1 aliphatic heterocycles. The summed E-state index contributed by atoms with van der Waals surface area (Å²) in [4.78, 5) is 35.4. The molecule has 1 fully saturated rings. The molecule has 0 aliphatic carbocycles. The minimum absolute atomic E-state index is 0.000219. The van der Waals surface area contributed by atoms with Crippen molar-refractivity contribution in [2.75, 3.05) is 13.2 Å². The number of ether oxygens (including phenoxy) is 4. The number of halogens is 5. The molecule has 2 heterocycles. The largest absolute Gasteiger partial charge is 0.573 e. The zero-order valence-electron chi connectivity index (χ0n) is 24.1. The van der Waals surface area contributed by atoms with Gasteiger partial charge in [-0.1, -0.05) is 27.4 Å². The average Bonchev–Trinajstić information content (AvgIpc) is 3.23. The van der Waals surface area contributed by atoms with Crippen LogP contribution in [-0.2, 0) is 20.2 Å². The number of hydrogen-bond acceptors (Lipinski definition) is 8. The average molecular weight is 604 g/mol. The number of carbonyl (C=O) groups excluding carboxylic acids is 2. The third-order valence-electron chi connectivity index (χ3n) is 6.17. The van der Waals surface area contributed by atoms with E-state index < -0.39 is 65.3 Å². The van der Waals surface area contributed by atoms with Gasteiger partial charge in [0.2, 0.25) is 5.88 Å². The minimum Gasteiger partial charge on any atom is -0.471 e. The van der Waals surface area contributed by atoms with E-state index in [4.69, 9.17) is 14.2 Å². The van der Waals surface area contributed by atoms with Crippen molar-refractivity contribution in [3.8, 4) is 11.6 Å². The molecular formula is C28H34F5N3O6. The van der Waals surface area contributed by atoms with Crippen LogP contribution in [0.5, 0.6) is 11.6 Å². The maximum atomic E-state index is 15.0. The number of esters is 1. The van der Waals surface area contributed by atoms with Crippen LogP contribution in [0.3, 0.4) is 0 Å². The Morgan fingerprint density at radius 3 is 2.33 bits per heavy atom. The highest BCUT2D eigenvalue weighted by molar-refractivity contribution is 5.83. The van der Waals surface area contributed by atoms with Gasteiger partial charge in [-0.2, -0.15) is 8.78 Å². The topological polar surface area (TPSA) is 100 Å². The van der Waals surface area contributed by atoms with Crippen molar-refractivity contribution >= 4 is 23.1 Å². The summed E-state index contributed by atoms with van der Waals surface area (Å²) in [5.74, 6) is -6.57. The van der Waals surface area contributed by atoms with Crippen LogP contribution >= 0.6 is 0 Å². The first kappa shape index (κ1) is 32.8. The van der Waals surface area contributed by atoms with Crippen LogP contribution in [0.1, 0.15) is 53.7 Å². The second-order valence-corrected chi connectivity index (χ2v) is 11.2. The summed E-state index contributed by atoms with van der Waals surface area (Å²) in [5.41, 5.74) is -2.24. The predicted molar refractivity (Wildman–Crippen MR) is 141 cm³/mol. The van der Waals surface area contributed by atoms with Crippen LogP contribution in [0.25, 0.3) is 11.0 Å². The van der Waals surface area contributed by atoms with Crippen molar-refractivity contribution in [1.82, 2.24) is 14.9 Å². The van der Waals surface area contributed by atoms with E-state index in [1.165, 1.54) is 0 Å². The molecule has 3 rings (SSSR count). The number of carbonyl (C=O) groups is 2. The molecule has 9 nitrogen and oxygen atoms in total. The monoisotopic (exact) mass is 603 g/mol. The van der Waals surface area contributed by atoms with Gasteiger partial charge in [-0.25, -0.2) is 19.6 Å². The van der Waals surface area contributed by atoms with E-state index >= 15 is 0 Å². The first-order chi connectivity index (χ1) is 19.3. The van der Waals surface area contributed by atoms with Gasteiger partial charge in [0.1, 0.15) is 23.5 Å². The fourth-order valence-corrected chi connectivity index (χ4v) is 4.39. The SMILES string of the molecule is C=CC(F)(F)c1nc2ccc(OC(F)(F)F)cc2nc1OC1CN(C(=O)OC(C)(C)C)C(C(=O)OCC(C)C)C1CC. The minimum atomic E-state index is -5.00. The normalized spacial score (nSPS) is 19.6. The number of benzene rings is 1. The summed E-state index contributed by atoms with van der Waals surface area (Å²) in [6.07, 6.45) is -6.34. The summed E-state index contributed by atoms with van der Waals surface area (Å²) in [7, 11) is 0. The summed E-state index contributed by atoms with van der Waals surface area (Å²) in [6.45, 7) is 13.3. The van der Waals surface area contributed by atoms with Crippen LogP contribution in [0.4, 0.5) is 26.7 Å². The lowest BCUT2D eigenvalue weighted by atomic mass is 9.95. The second-order valence-electron chi connectivity index (χ2n) is 11.2. The second kappa shape index (κ2) is 12.3. The Bertz CT molecular complexity index is 1310. The first-order valence-corrected chi connectivity index (χ1v) is 13.3. The van der Waals surface area contributed by atoms with E-state index in [0.29, 0.717) is 6.08 Å². The van der Waals surface area contributed by atoms with Gasteiger partial charge in [0, 0.05) is 12.0 Å². The fraction of sp³-hybridized carbons (Fsp3) is 0.571. The van der Waals surface area contributed by atoms with Crippen molar-refractivity contribution in [1.29, 1.82) is 0 Å². The lowest BCUT2D eigenvalue weighted by Gasteiger charge is -2.29. The van der Waals surface area contributed by atoms with E-state index in [1.807, 2.05) is 13.8 Å². The molecule has 14 heteroatoms. The number of fused-ring (bicyclic) bond motifs is 1. The van der Waals surface area contributed by atoms with Gasteiger partial charge >= 0.3 is 24.3 Å². The third kappa shape index (κ3) is 7.97. The molecule has 232 valence electrons. The maximum absolute atomic E-state index is 15.0. The molecule has 42 heavy (non-hydrogen) atoms. The molecule has 0 saturated carbocycles. The van der Waals surface area contributed by atoms with Gasteiger partial charge in [0.25, 0.3) is 0 Å². The zero-order chi connectivity index (χ0) is 31.6. The molecule has 2 aromatic rings. The highest BCUT2D eigenvalue weighted by atomic mass is 19.4. The summed E-state index contributed by atoms with van der Waals surface area (Å²) >= 11 is 0. The highest BCUT2D eigenvalue weighted by Gasteiger charge is 2.51. The van der Waals surface area contributed by atoms with E-state index in [0.717, 1.165) is 23.1 Å². The van der Waals surface area contributed by atoms with E-state index in [9.17, 15) is 31.5 Å².